The third kappa shape index (κ3) is 6.57. The predicted molar refractivity (Wildman–Crippen MR) is 119 cm³/mol. The van der Waals surface area contributed by atoms with Gasteiger partial charge in [-0.15, -0.1) is 0 Å². The van der Waals surface area contributed by atoms with Gasteiger partial charge in [0.05, 0.1) is 17.5 Å². The molecule has 0 atom stereocenters. The maximum Gasteiger partial charge on any atom is 0.261 e. The lowest BCUT2D eigenvalue weighted by Crippen LogP contribution is -2.90. The van der Waals surface area contributed by atoms with Gasteiger partial charge in [0, 0.05) is 24.2 Å². The molecule has 1 aliphatic rings. The van der Waals surface area contributed by atoms with Gasteiger partial charge >= 0.3 is 0 Å². The number of hydrogen-bond acceptors (Lipinski definition) is 3. The summed E-state index contributed by atoms with van der Waals surface area (Å²) in [5, 5.41) is 5.30. The Morgan fingerprint density at radius 1 is 1.07 bits per heavy atom. The smallest absolute Gasteiger partial charge is 0.261 e. The van der Waals surface area contributed by atoms with Crippen molar-refractivity contribution in [3.05, 3.63) is 59.7 Å². The highest BCUT2D eigenvalue weighted by molar-refractivity contribution is 7.92. The summed E-state index contributed by atoms with van der Waals surface area (Å²) in [6.07, 6.45) is 7.51. The molecule has 2 aromatic rings. The van der Waals surface area contributed by atoms with Crippen molar-refractivity contribution in [1.82, 2.24) is 5.32 Å². The summed E-state index contributed by atoms with van der Waals surface area (Å²) in [4.78, 5) is 12.5. The first-order valence-electron chi connectivity index (χ1n) is 10.8. The van der Waals surface area contributed by atoms with Gasteiger partial charge in [-0.05, 0) is 62.9 Å². The lowest BCUT2D eigenvalue weighted by Gasteiger charge is -2.19. The van der Waals surface area contributed by atoms with Gasteiger partial charge in [0.2, 0.25) is 0 Å². The number of hydrogen-bond donors (Lipinski definition) is 3. The largest absolute Gasteiger partial charge is 0.352 e. The van der Waals surface area contributed by atoms with Crippen molar-refractivity contribution in [1.29, 1.82) is 0 Å². The first-order valence-corrected chi connectivity index (χ1v) is 12.2. The van der Waals surface area contributed by atoms with Crippen LogP contribution in [0.25, 0.3) is 0 Å². The highest BCUT2D eigenvalue weighted by atomic mass is 32.2. The zero-order chi connectivity index (χ0) is 21.4. The quantitative estimate of drug-likeness (QED) is 0.534. The van der Waals surface area contributed by atoms with Crippen molar-refractivity contribution in [3.8, 4) is 0 Å². The minimum Gasteiger partial charge on any atom is -0.352 e. The molecule has 0 aliphatic heterocycles. The van der Waals surface area contributed by atoms with Crippen LogP contribution in [0.5, 0.6) is 0 Å². The van der Waals surface area contributed by atoms with Gasteiger partial charge in [-0.1, -0.05) is 30.2 Å². The van der Waals surface area contributed by atoms with Crippen LogP contribution < -0.4 is 15.4 Å². The van der Waals surface area contributed by atoms with Gasteiger partial charge in [-0.2, -0.15) is 0 Å². The third-order valence-corrected chi connectivity index (χ3v) is 6.91. The summed E-state index contributed by atoms with van der Waals surface area (Å²) in [6, 6.07) is 14.0. The van der Waals surface area contributed by atoms with Crippen LogP contribution in [0.15, 0.2) is 53.4 Å². The summed E-state index contributed by atoms with van der Waals surface area (Å²) in [5.41, 5.74) is 1.88. The van der Waals surface area contributed by atoms with Crippen LogP contribution in [0.3, 0.4) is 0 Å². The average Bonchev–Trinajstić information content (AvgIpc) is 2.76. The number of aryl methyl sites for hydroxylation is 1. The van der Waals surface area contributed by atoms with Crippen molar-refractivity contribution in [2.75, 3.05) is 17.8 Å². The van der Waals surface area contributed by atoms with E-state index in [0.29, 0.717) is 17.8 Å². The van der Waals surface area contributed by atoms with Crippen molar-refractivity contribution >= 4 is 21.6 Å². The van der Waals surface area contributed by atoms with Crippen molar-refractivity contribution < 1.29 is 18.5 Å². The number of amides is 1. The molecule has 162 valence electrons. The molecule has 1 aliphatic carbocycles. The van der Waals surface area contributed by atoms with E-state index in [1.165, 1.54) is 44.2 Å². The van der Waals surface area contributed by atoms with Crippen molar-refractivity contribution in [2.24, 2.45) is 0 Å². The second-order valence-corrected chi connectivity index (χ2v) is 9.71. The molecule has 0 unspecified atom stereocenters. The molecular weight excluding hydrogens is 398 g/mol. The number of carbonyl (C=O) groups excluding carboxylic acids is 1. The number of carbonyl (C=O) groups is 1. The Bertz CT molecular complexity index is 936. The van der Waals surface area contributed by atoms with Crippen molar-refractivity contribution in [2.45, 2.75) is 56.4 Å². The predicted octanol–water partition coefficient (Wildman–Crippen LogP) is 2.81. The topological polar surface area (TPSA) is 91.9 Å². The summed E-state index contributed by atoms with van der Waals surface area (Å²) in [6.45, 7) is 3.52. The highest BCUT2D eigenvalue weighted by Crippen LogP contribution is 2.18. The van der Waals surface area contributed by atoms with Gasteiger partial charge in [0.15, 0.2) is 0 Å². The summed E-state index contributed by atoms with van der Waals surface area (Å²) < 4.78 is 27.9. The molecule has 6 nitrogen and oxygen atoms in total. The Morgan fingerprint density at radius 3 is 2.53 bits per heavy atom. The summed E-state index contributed by atoms with van der Waals surface area (Å²) in [5.74, 6) is -0.250. The van der Waals surface area contributed by atoms with E-state index in [2.05, 4.69) is 15.4 Å². The minimum absolute atomic E-state index is 0.0707. The van der Waals surface area contributed by atoms with Crippen LogP contribution in [-0.2, 0) is 10.0 Å². The Hall–Kier alpha value is -2.38. The minimum atomic E-state index is -3.76. The Kier molecular flexibility index (Phi) is 7.87. The number of benzene rings is 2. The number of quaternary nitrogens is 1. The Labute approximate surface area is 179 Å². The molecule has 0 heterocycles. The fourth-order valence-electron chi connectivity index (χ4n) is 3.77. The molecule has 0 saturated heterocycles. The van der Waals surface area contributed by atoms with E-state index < -0.39 is 10.0 Å². The van der Waals surface area contributed by atoms with Gasteiger partial charge in [0.25, 0.3) is 15.9 Å². The van der Waals surface area contributed by atoms with Crippen LogP contribution >= 0.6 is 0 Å². The highest BCUT2D eigenvalue weighted by Gasteiger charge is 2.17. The SMILES string of the molecule is Cc1ccc(NS(=O)(=O)c2cccc(C(=O)NCCC[NH2+]C3CCCCC3)c2)cc1. The molecule has 7 heteroatoms. The number of sulfonamides is 1. The van der Waals surface area contributed by atoms with E-state index in [1.807, 2.05) is 19.1 Å². The summed E-state index contributed by atoms with van der Waals surface area (Å²) >= 11 is 0. The standard InChI is InChI=1S/C23H31N3O3S/c1-18-11-13-21(14-12-18)26-30(28,29)22-10-5-7-19(17-22)23(27)25-16-6-15-24-20-8-3-2-4-9-20/h5,7,10-14,17,20,24,26H,2-4,6,8-9,15-16H2,1H3,(H,25,27)/p+1. The lowest BCUT2D eigenvalue weighted by atomic mass is 9.95. The van der Waals surface area contributed by atoms with Crippen LogP contribution in [0, 0.1) is 6.92 Å². The summed E-state index contributed by atoms with van der Waals surface area (Å²) in [7, 11) is -3.76. The Morgan fingerprint density at radius 2 is 1.80 bits per heavy atom. The molecule has 0 radical (unpaired) electrons. The molecule has 0 aromatic heterocycles. The van der Waals surface area contributed by atoms with E-state index >= 15 is 0 Å². The number of nitrogens with two attached hydrogens (primary N) is 1. The zero-order valence-corrected chi connectivity index (χ0v) is 18.4. The average molecular weight is 431 g/mol. The molecule has 2 aromatic carbocycles. The van der Waals surface area contributed by atoms with Gasteiger partial charge in [-0.3, -0.25) is 9.52 Å². The monoisotopic (exact) mass is 430 g/mol. The fourth-order valence-corrected chi connectivity index (χ4v) is 4.87. The fraction of sp³-hybridized carbons (Fsp3) is 0.435. The molecule has 30 heavy (non-hydrogen) atoms. The molecule has 1 fully saturated rings. The normalized spacial score (nSPS) is 15.0. The van der Waals surface area contributed by atoms with Crippen LogP contribution in [-0.4, -0.2) is 33.5 Å². The first kappa shape index (κ1) is 22.3. The maximum atomic E-state index is 12.7. The van der Waals surface area contributed by atoms with Gasteiger partial charge < -0.3 is 10.6 Å². The van der Waals surface area contributed by atoms with E-state index in [4.69, 9.17) is 0 Å². The van der Waals surface area contributed by atoms with E-state index in [9.17, 15) is 13.2 Å². The third-order valence-electron chi connectivity index (χ3n) is 5.53. The van der Waals surface area contributed by atoms with Gasteiger partial charge in [0.1, 0.15) is 0 Å². The second-order valence-electron chi connectivity index (χ2n) is 8.03. The number of nitrogens with one attached hydrogen (secondary N) is 2. The molecule has 1 saturated carbocycles. The number of anilines is 1. The lowest BCUT2D eigenvalue weighted by molar-refractivity contribution is -0.691. The van der Waals surface area contributed by atoms with E-state index in [1.54, 1.807) is 24.3 Å². The maximum absolute atomic E-state index is 12.7. The molecule has 0 bridgehead atoms. The van der Waals surface area contributed by atoms with E-state index in [0.717, 1.165) is 24.6 Å². The molecule has 1 amide bonds. The second kappa shape index (κ2) is 10.6. The number of rotatable bonds is 9. The van der Waals surface area contributed by atoms with Crippen LogP contribution in [0.1, 0.15) is 54.4 Å². The van der Waals surface area contributed by atoms with E-state index in [-0.39, 0.29) is 10.8 Å². The van der Waals surface area contributed by atoms with Crippen LogP contribution in [0.4, 0.5) is 5.69 Å². The molecule has 0 spiro atoms. The van der Waals surface area contributed by atoms with Crippen molar-refractivity contribution in [3.63, 3.8) is 0 Å². The van der Waals surface area contributed by atoms with Crippen LogP contribution in [0.2, 0.25) is 0 Å². The molecule has 3 rings (SSSR count). The zero-order valence-electron chi connectivity index (χ0n) is 17.6. The Balaban J connectivity index is 1.50. The van der Waals surface area contributed by atoms with Gasteiger partial charge in [-0.25, -0.2) is 8.42 Å². The first-order chi connectivity index (χ1) is 14.4. The molecular formula is C23H32N3O3S+. The molecule has 4 N–H and O–H groups in total.